The van der Waals surface area contributed by atoms with Gasteiger partial charge in [-0.05, 0) is 31.1 Å². The van der Waals surface area contributed by atoms with Crippen LogP contribution < -0.4 is 0 Å². The van der Waals surface area contributed by atoms with E-state index in [0.717, 1.165) is 11.3 Å². The molecule has 1 heterocycles. The number of rotatable bonds is 3. The van der Waals surface area contributed by atoms with Crippen molar-refractivity contribution in [2.45, 2.75) is 45.5 Å². The highest BCUT2D eigenvalue weighted by atomic mass is 19.3. The molecule has 1 aliphatic rings. The van der Waals surface area contributed by atoms with E-state index in [1.807, 2.05) is 13.8 Å². The maximum absolute atomic E-state index is 13.0. The third kappa shape index (κ3) is 3.36. The standard InChI is InChI=1S/C12H19F4NO/c1-8(2)9-4-3-6-17(7-5-9)11(18)12(15,16)10(13)14/h8-10H,3-7H2,1-2H3. The fourth-order valence-electron chi connectivity index (χ4n) is 2.30. The van der Waals surface area contributed by atoms with Crippen LogP contribution in [0.15, 0.2) is 0 Å². The Hall–Kier alpha value is -0.810. The van der Waals surface area contributed by atoms with E-state index in [-0.39, 0.29) is 13.1 Å². The summed E-state index contributed by atoms with van der Waals surface area (Å²) in [6, 6.07) is 0. The zero-order chi connectivity index (χ0) is 13.9. The number of amides is 1. The van der Waals surface area contributed by atoms with Crippen molar-refractivity contribution in [3.63, 3.8) is 0 Å². The lowest BCUT2D eigenvalue weighted by Crippen LogP contribution is -2.48. The van der Waals surface area contributed by atoms with Gasteiger partial charge in [-0.25, -0.2) is 8.78 Å². The second-order valence-electron chi connectivity index (χ2n) is 5.15. The molecule has 2 nitrogen and oxygen atoms in total. The number of hydrogen-bond donors (Lipinski definition) is 0. The lowest BCUT2D eigenvalue weighted by atomic mass is 9.89. The van der Waals surface area contributed by atoms with Crippen molar-refractivity contribution in [3.8, 4) is 0 Å². The third-order valence-electron chi connectivity index (χ3n) is 3.56. The maximum atomic E-state index is 13.0. The predicted molar refractivity (Wildman–Crippen MR) is 59.7 cm³/mol. The van der Waals surface area contributed by atoms with Crippen LogP contribution in [0.4, 0.5) is 17.6 Å². The van der Waals surface area contributed by atoms with Gasteiger partial charge >= 0.3 is 12.3 Å². The molecule has 1 amide bonds. The zero-order valence-electron chi connectivity index (χ0n) is 10.6. The van der Waals surface area contributed by atoms with Gasteiger partial charge in [-0.1, -0.05) is 13.8 Å². The van der Waals surface area contributed by atoms with Crippen LogP contribution in [-0.2, 0) is 4.79 Å². The number of halogens is 4. The minimum absolute atomic E-state index is 0.143. The van der Waals surface area contributed by atoms with Gasteiger partial charge < -0.3 is 4.90 Å². The summed E-state index contributed by atoms with van der Waals surface area (Å²) in [5.41, 5.74) is 0. The lowest BCUT2D eigenvalue weighted by molar-refractivity contribution is -0.180. The van der Waals surface area contributed by atoms with E-state index in [9.17, 15) is 22.4 Å². The van der Waals surface area contributed by atoms with Gasteiger partial charge in [-0.3, -0.25) is 4.79 Å². The van der Waals surface area contributed by atoms with Gasteiger partial charge in [0.2, 0.25) is 0 Å². The average molecular weight is 269 g/mol. The molecule has 6 heteroatoms. The van der Waals surface area contributed by atoms with Crippen LogP contribution in [0.3, 0.4) is 0 Å². The van der Waals surface area contributed by atoms with Crippen LogP contribution in [0.2, 0.25) is 0 Å². The maximum Gasteiger partial charge on any atom is 0.383 e. The molecule has 18 heavy (non-hydrogen) atoms. The molecule has 1 aliphatic heterocycles. The van der Waals surface area contributed by atoms with Crippen molar-refractivity contribution in [1.29, 1.82) is 0 Å². The first-order chi connectivity index (χ1) is 8.26. The summed E-state index contributed by atoms with van der Waals surface area (Å²) in [7, 11) is 0. The van der Waals surface area contributed by atoms with E-state index in [2.05, 4.69) is 0 Å². The Morgan fingerprint density at radius 1 is 1.22 bits per heavy atom. The summed E-state index contributed by atoms with van der Waals surface area (Å²) in [6.45, 7) is 4.36. The van der Waals surface area contributed by atoms with E-state index in [0.29, 0.717) is 24.7 Å². The highest BCUT2D eigenvalue weighted by Crippen LogP contribution is 2.29. The minimum Gasteiger partial charge on any atom is -0.337 e. The molecule has 0 aromatic carbocycles. The van der Waals surface area contributed by atoms with Gasteiger partial charge in [0.1, 0.15) is 0 Å². The van der Waals surface area contributed by atoms with E-state index in [1.54, 1.807) is 0 Å². The molecule has 0 aromatic heterocycles. The van der Waals surface area contributed by atoms with Crippen molar-refractivity contribution < 1.29 is 22.4 Å². The monoisotopic (exact) mass is 269 g/mol. The molecular formula is C12H19F4NO. The molecule has 0 spiro atoms. The minimum atomic E-state index is -4.56. The Balaban J connectivity index is 2.66. The van der Waals surface area contributed by atoms with Crippen LogP contribution in [-0.4, -0.2) is 36.2 Å². The van der Waals surface area contributed by atoms with Crippen molar-refractivity contribution in [3.05, 3.63) is 0 Å². The summed E-state index contributed by atoms with van der Waals surface area (Å²) in [4.78, 5) is 12.3. The normalized spacial score (nSPS) is 22.4. The number of alkyl halides is 4. The smallest absolute Gasteiger partial charge is 0.337 e. The molecule has 0 radical (unpaired) electrons. The number of nitrogens with zero attached hydrogens (tertiary/aromatic N) is 1. The summed E-state index contributed by atoms with van der Waals surface area (Å²) in [5, 5.41) is 0. The average Bonchev–Trinajstić information content (AvgIpc) is 2.52. The first kappa shape index (κ1) is 15.2. The lowest BCUT2D eigenvalue weighted by Gasteiger charge is -2.25. The first-order valence-corrected chi connectivity index (χ1v) is 6.22. The summed E-state index contributed by atoms with van der Waals surface area (Å²) >= 11 is 0. The van der Waals surface area contributed by atoms with Crippen molar-refractivity contribution in [1.82, 2.24) is 4.90 Å². The number of hydrogen-bond acceptors (Lipinski definition) is 1. The topological polar surface area (TPSA) is 20.3 Å². The molecule has 0 aromatic rings. The van der Waals surface area contributed by atoms with Crippen molar-refractivity contribution in [2.75, 3.05) is 13.1 Å². The van der Waals surface area contributed by atoms with Gasteiger partial charge in [0.15, 0.2) is 0 Å². The first-order valence-electron chi connectivity index (χ1n) is 6.22. The van der Waals surface area contributed by atoms with Crippen molar-refractivity contribution >= 4 is 5.91 Å². The van der Waals surface area contributed by atoms with Crippen LogP contribution in [0.1, 0.15) is 33.1 Å². The van der Waals surface area contributed by atoms with Gasteiger partial charge in [0, 0.05) is 13.1 Å². The quantitative estimate of drug-likeness (QED) is 0.721. The van der Waals surface area contributed by atoms with Crippen LogP contribution in [0.5, 0.6) is 0 Å². The Bertz CT molecular complexity index is 294. The van der Waals surface area contributed by atoms with E-state index >= 15 is 0 Å². The zero-order valence-corrected chi connectivity index (χ0v) is 10.6. The number of likely N-dealkylation sites (tertiary alicyclic amines) is 1. The largest absolute Gasteiger partial charge is 0.383 e. The van der Waals surface area contributed by atoms with Gasteiger partial charge in [-0.2, -0.15) is 8.78 Å². The molecule has 1 fully saturated rings. The van der Waals surface area contributed by atoms with Crippen LogP contribution in [0, 0.1) is 11.8 Å². The Morgan fingerprint density at radius 3 is 2.33 bits per heavy atom. The highest BCUT2D eigenvalue weighted by Gasteiger charge is 2.51. The van der Waals surface area contributed by atoms with Gasteiger partial charge in [0.25, 0.3) is 5.91 Å². The Kier molecular flexibility index (Phi) is 4.99. The molecule has 1 unspecified atom stereocenters. The number of carbonyl (C=O) groups is 1. The summed E-state index contributed by atoms with van der Waals surface area (Å²) < 4.78 is 50.2. The second kappa shape index (κ2) is 5.89. The van der Waals surface area contributed by atoms with Crippen LogP contribution >= 0.6 is 0 Å². The van der Waals surface area contributed by atoms with E-state index in [1.165, 1.54) is 0 Å². The summed E-state index contributed by atoms with van der Waals surface area (Å²) in [5.74, 6) is -5.52. The SMILES string of the molecule is CC(C)C1CCCN(C(=O)C(F)(F)C(F)F)CC1. The fraction of sp³-hybridized carbons (Fsp3) is 0.917. The van der Waals surface area contributed by atoms with Crippen LogP contribution in [0.25, 0.3) is 0 Å². The van der Waals surface area contributed by atoms with E-state index < -0.39 is 18.3 Å². The van der Waals surface area contributed by atoms with Crippen molar-refractivity contribution in [2.24, 2.45) is 11.8 Å². The number of carbonyl (C=O) groups excluding carboxylic acids is 1. The molecule has 1 rings (SSSR count). The second-order valence-corrected chi connectivity index (χ2v) is 5.15. The third-order valence-corrected chi connectivity index (χ3v) is 3.56. The molecular weight excluding hydrogens is 250 g/mol. The van der Waals surface area contributed by atoms with E-state index in [4.69, 9.17) is 0 Å². The molecule has 106 valence electrons. The Morgan fingerprint density at radius 2 is 1.83 bits per heavy atom. The molecule has 1 saturated heterocycles. The summed E-state index contributed by atoms with van der Waals surface area (Å²) in [6.07, 6.45) is -1.90. The van der Waals surface area contributed by atoms with Gasteiger partial charge in [-0.15, -0.1) is 0 Å². The Labute approximate surface area is 104 Å². The van der Waals surface area contributed by atoms with Gasteiger partial charge in [0.05, 0.1) is 0 Å². The fourth-order valence-corrected chi connectivity index (χ4v) is 2.30. The molecule has 0 saturated carbocycles. The highest BCUT2D eigenvalue weighted by molar-refractivity contribution is 5.84. The molecule has 1 atom stereocenters. The molecule has 0 aliphatic carbocycles. The molecule has 0 N–H and O–H groups in total. The molecule has 0 bridgehead atoms. The predicted octanol–water partition coefficient (Wildman–Crippen LogP) is 3.17.